The monoisotopic (exact) mass is 374 g/mol. The molecule has 2 fully saturated rings. The first-order valence-corrected chi connectivity index (χ1v) is 8.47. The summed E-state index contributed by atoms with van der Waals surface area (Å²) in [5, 5.41) is 6.38. The van der Waals surface area contributed by atoms with E-state index in [0.717, 1.165) is 32.0 Å². The number of benzene rings is 1. The fourth-order valence-corrected chi connectivity index (χ4v) is 3.64. The van der Waals surface area contributed by atoms with Crippen molar-refractivity contribution in [1.29, 1.82) is 0 Å². The van der Waals surface area contributed by atoms with Gasteiger partial charge < -0.3 is 15.4 Å². The summed E-state index contributed by atoms with van der Waals surface area (Å²) < 4.78 is 31.7. The van der Waals surface area contributed by atoms with Crippen LogP contribution in [-0.2, 0) is 9.53 Å². The van der Waals surface area contributed by atoms with Crippen LogP contribution in [0.4, 0.5) is 8.78 Å². The van der Waals surface area contributed by atoms with Crippen molar-refractivity contribution in [3.8, 4) is 0 Å². The number of carbonyl (C=O) groups is 1. The van der Waals surface area contributed by atoms with Gasteiger partial charge in [0.1, 0.15) is 0 Å². The Morgan fingerprint density at radius 1 is 1.32 bits per heavy atom. The van der Waals surface area contributed by atoms with Gasteiger partial charge in [0.05, 0.1) is 6.61 Å². The molecule has 2 atom stereocenters. The number of carbonyl (C=O) groups excluding carboxylic acids is 1. The molecule has 2 unspecified atom stereocenters. The highest BCUT2D eigenvalue weighted by molar-refractivity contribution is 5.85. The fourth-order valence-electron chi connectivity index (χ4n) is 3.64. The van der Waals surface area contributed by atoms with Gasteiger partial charge in [0.15, 0.2) is 11.6 Å². The van der Waals surface area contributed by atoms with Crippen molar-refractivity contribution < 1.29 is 18.3 Å². The SMILES string of the molecule is COCC1(CNC(=O)C2CC2c2ccc(F)c(F)c2)CCNCC1.Cl. The van der Waals surface area contributed by atoms with Crippen LogP contribution in [0.2, 0.25) is 0 Å². The Bertz CT molecular complexity index is 603. The van der Waals surface area contributed by atoms with Gasteiger partial charge in [-0.15, -0.1) is 12.4 Å². The highest BCUT2D eigenvalue weighted by Crippen LogP contribution is 2.47. The zero-order chi connectivity index (χ0) is 17.2. The predicted octanol–water partition coefficient (Wildman–Crippen LogP) is 2.62. The summed E-state index contributed by atoms with van der Waals surface area (Å²) in [5.41, 5.74) is 0.685. The highest BCUT2D eigenvalue weighted by Gasteiger charge is 2.45. The summed E-state index contributed by atoms with van der Waals surface area (Å²) in [4.78, 5) is 12.4. The number of nitrogens with one attached hydrogen (secondary N) is 2. The molecular weight excluding hydrogens is 350 g/mol. The first-order chi connectivity index (χ1) is 11.5. The average molecular weight is 375 g/mol. The molecule has 25 heavy (non-hydrogen) atoms. The Morgan fingerprint density at radius 2 is 2.04 bits per heavy atom. The van der Waals surface area contributed by atoms with Crippen molar-refractivity contribution in [3.05, 3.63) is 35.4 Å². The van der Waals surface area contributed by atoms with Crippen LogP contribution in [0, 0.1) is 23.0 Å². The average Bonchev–Trinajstić information content (AvgIpc) is 3.37. The second-order valence-electron chi connectivity index (χ2n) is 7.02. The first kappa shape index (κ1) is 20.1. The lowest BCUT2D eigenvalue weighted by Gasteiger charge is -2.37. The maximum atomic E-state index is 13.3. The maximum Gasteiger partial charge on any atom is 0.223 e. The first-order valence-electron chi connectivity index (χ1n) is 8.47. The van der Waals surface area contributed by atoms with Crippen molar-refractivity contribution >= 4 is 18.3 Å². The van der Waals surface area contributed by atoms with Gasteiger partial charge in [-0.05, 0) is 56.0 Å². The van der Waals surface area contributed by atoms with E-state index in [1.807, 2.05) is 0 Å². The van der Waals surface area contributed by atoms with Gasteiger partial charge in [-0.2, -0.15) is 0 Å². The topological polar surface area (TPSA) is 50.4 Å². The molecule has 140 valence electrons. The maximum absolute atomic E-state index is 13.3. The van der Waals surface area contributed by atoms with E-state index in [-0.39, 0.29) is 35.6 Å². The van der Waals surface area contributed by atoms with Crippen molar-refractivity contribution in [2.24, 2.45) is 11.3 Å². The van der Waals surface area contributed by atoms with Crippen LogP contribution in [0.25, 0.3) is 0 Å². The molecule has 0 radical (unpaired) electrons. The van der Waals surface area contributed by atoms with E-state index in [0.29, 0.717) is 25.1 Å². The number of amides is 1. The summed E-state index contributed by atoms with van der Waals surface area (Å²) in [6.45, 7) is 3.09. The van der Waals surface area contributed by atoms with Crippen molar-refractivity contribution in [2.45, 2.75) is 25.2 Å². The van der Waals surface area contributed by atoms with E-state index < -0.39 is 11.6 Å². The Balaban J connectivity index is 0.00000225. The minimum absolute atomic E-state index is 0. The molecule has 7 heteroatoms. The van der Waals surface area contributed by atoms with Gasteiger partial charge in [-0.3, -0.25) is 4.79 Å². The Kier molecular flexibility index (Phi) is 6.77. The van der Waals surface area contributed by atoms with E-state index in [1.54, 1.807) is 13.2 Å². The summed E-state index contributed by atoms with van der Waals surface area (Å²) in [6, 6.07) is 3.89. The van der Waals surface area contributed by atoms with Gasteiger partial charge in [0.2, 0.25) is 5.91 Å². The lowest BCUT2D eigenvalue weighted by atomic mass is 9.79. The second kappa shape index (κ2) is 8.43. The number of methoxy groups -OCH3 is 1. The van der Waals surface area contributed by atoms with E-state index in [1.165, 1.54) is 6.07 Å². The van der Waals surface area contributed by atoms with Crippen molar-refractivity contribution in [2.75, 3.05) is 33.4 Å². The molecule has 1 aromatic carbocycles. The van der Waals surface area contributed by atoms with Crippen LogP contribution in [-0.4, -0.2) is 39.3 Å². The second-order valence-corrected chi connectivity index (χ2v) is 7.02. The van der Waals surface area contributed by atoms with Crippen molar-refractivity contribution in [3.63, 3.8) is 0 Å². The number of piperidine rings is 1. The number of hydrogen-bond acceptors (Lipinski definition) is 3. The molecule has 1 saturated heterocycles. The zero-order valence-corrected chi connectivity index (χ0v) is 15.1. The molecule has 0 aromatic heterocycles. The normalized spacial score (nSPS) is 24.3. The number of hydrogen-bond donors (Lipinski definition) is 2. The van der Waals surface area contributed by atoms with Crippen LogP contribution in [0.1, 0.15) is 30.7 Å². The minimum atomic E-state index is -0.854. The number of rotatable bonds is 6. The van der Waals surface area contributed by atoms with Crippen LogP contribution in [0.5, 0.6) is 0 Å². The Morgan fingerprint density at radius 3 is 2.68 bits per heavy atom. The van der Waals surface area contributed by atoms with Crippen LogP contribution in [0.15, 0.2) is 18.2 Å². The molecule has 3 rings (SSSR count). The van der Waals surface area contributed by atoms with Gasteiger partial charge in [0.25, 0.3) is 0 Å². The quantitative estimate of drug-likeness (QED) is 0.804. The Hall–Kier alpha value is -1.24. The minimum Gasteiger partial charge on any atom is -0.384 e. The van der Waals surface area contributed by atoms with E-state index >= 15 is 0 Å². The van der Waals surface area contributed by atoms with Crippen molar-refractivity contribution in [1.82, 2.24) is 10.6 Å². The van der Waals surface area contributed by atoms with E-state index in [4.69, 9.17) is 4.74 Å². The molecule has 2 aliphatic rings. The van der Waals surface area contributed by atoms with Gasteiger partial charge in [-0.1, -0.05) is 6.07 Å². The third-order valence-electron chi connectivity index (χ3n) is 5.25. The summed E-state index contributed by atoms with van der Waals surface area (Å²) in [7, 11) is 1.69. The molecular formula is C18H25ClF2N2O2. The van der Waals surface area contributed by atoms with Gasteiger partial charge >= 0.3 is 0 Å². The summed E-state index contributed by atoms with van der Waals surface area (Å²) in [5.74, 6) is -1.86. The van der Waals surface area contributed by atoms with Crippen LogP contribution in [0.3, 0.4) is 0 Å². The molecule has 0 bridgehead atoms. The fraction of sp³-hybridized carbons (Fsp3) is 0.611. The largest absolute Gasteiger partial charge is 0.384 e. The zero-order valence-electron chi connectivity index (χ0n) is 14.3. The molecule has 1 aliphatic heterocycles. The molecule has 0 spiro atoms. The number of ether oxygens (including phenoxy) is 1. The molecule has 1 aromatic rings. The van der Waals surface area contributed by atoms with E-state index in [9.17, 15) is 13.6 Å². The third-order valence-corrected chi connectivity index (χ3v) is 5.25. The molecule has 1 aliphatic carbocycles. The molecule has 1 amide bonds. The lowest BCUT2D eigenvalue weighted by molar-refractivity contribution is -0.123. The lowest BCUT2D eigenvalue weighted by Crippen LogP contribution is -2.47. The molecule has 4 nitrogen and oxygen atoms in total. The summed E-state index contributed by atoms with van der Waals surface area (Å²) in [6.07, 6.45) is 2.63. The standard InChI is InChI=1S/C18H24F2N2O2.ClH/c1-24-11-18(4-6-21-7-5-18)10-22-17(23)14-9-13(14)12-2-3-15(19)16(20)8-12;/h2-3,8,13-14,21H,4-7,9-11H2,1H3,(H,22,23);1H. The van der Waals surface area contributed by atoms with Crippen LogP contribution < -0.4 is 10.6 Å². The summed E-state index contributed by atoms with van der Waals surface area (Å²) >= 11 is 0. The molecule has 1 saturated carbocycles. The Labute approximate surface area is 153 Å². The highest BCUT2D eigenvalue weighted by atomic mass is 35.5. The third kappa shape index (κ3) is 4.68. The molecule has 1 heterocycles. The van der Waals surface area contributed by atoms with E-state index in [2.05, 4.69) is 10.6 Å². The smallest absolute Gasteiger partial charge is 0.223 e. The number of halogens is 3. The van der Waals surface area contributed by atoms with Gasteiger partial charge in [-0.25, -0.2) is 8.78 Å². The van der Waals surface area contributed by atoms with Gasteiger partial charge in [0, 0.05) is 25.0 Å². The molecule has 2 N–H and O–H groups in total. The predicted molar refractivity (Wildman–Crippen MR) is 93.9 cm³/mol. The van der Waals surface area contributed by atoms with Crippen LogP contribution >= 0.6 is 12.4 Å².